The third kappa shape index (κ3) is 3.69. The van der Waals surface area contributed by atoms with Crippen LogP contribution < -0.4 is 5.32 Å². The molecule has 1 heterocycles. The zero-order chi connectivity index (χ0) is 15.2. The molecule has 0 unspecified atom stereocenters. The monoisotopic (exact) mass is 303 g/mol. The first kappa shape index (κ1) is 14.8. The van der Waals surface area contributed by atoms with Crippen LogP contribution in [0.3, 0.4) is 0 Å². The highest BCUT2D eigenvalue weighted by Gasteiger charge is 2.15. The lowest BCUT2D eigenvalue weighted by Gasteiger charge is -2.04. The summed E-state index contributed by atoms with van der Waals surface area (Å²) in [5.74, 6) is -0.215. The van der Waals surface area contributed by atoms with E-state index in [-0.39, 0.29) is 11.5 Å². The number of hydrogen-bond acceptors (Lipinski definition) is 7. The number of benzene rings is 1. The minimum absolute atomic E-state index is 0.184. The molecule has 0 fully saturated rings. The average molecular weight is 303 g/mol. The molecule has 2 N–H and O–H groups in total. The lowest BCUT2D eigenvalue weighted by molar-refractivity contribution is -0.117. The number of likely N-dealkylation sites (N-methyl/N-ethyl adjacent to an activating group) is 1. The van der Waals surface area contributed by atoms with Gasteiger partial charge in [-0.3, -0.25) is 4.79 Å². The Morgan fingerprint density at radius 3 is 2.62 bits per heavy atom. The molecule has 1 aromatic carbocycles. The Morgan fingerprint density at radius 2 is 2.05 bits per heavy atom. The van der Waals surface area contributed by atoms with Crippen molar-refractivity contribution in [3.63, 3.8) is 0 Å². The van der Waals surface area contributed by atoms with E-state index in [9.17, 15) is 9.90 Å². The van der Waals surface area contributed by atoms with Crippen molar-refractivity contribution in [1.82, 2.24) is 14.7 Å². The van der Waals surface area contributed by atoms with Crippen LogP contribution in [0.25, 0.3) is 5.76 Å². The summed E-state index contributed by atoms with van der Waals surface area (Å²) in [7, 11) is 1.45. The third-order valence-corrected chi connectivity index (χ3v) is 3.16. The Labute approximate surface area is 125 Å². The number of rotatable bonds is 4. The van der Waals surface area contributed by atoms with Gasteiger partial charge in [0.1, 0.15) is 5.82 Å². The summed E-state index contributed by atoms with van der Waals surface area (Å²) in [6.45, 7) is 1.73. The van der Waals surface area contributed by atoms with Crippen LogP contribution >= 0.6 is 11.5 Å². The maximum Gasteiger partial charge on any atom is 0.275 e. The van der Waals surface area contributed by atoms with Gasteiger partial charge in [0.25, 0.3) is 5.91 Å². The summed E-state index contributed by atoms with van der Waals surface area (Å²) in [6, 6.07) is 8.64. The van der Waals surface area contributed by atoms with Crippen molar-refractivity contribution in [3.05, 3.63) is 47.4 Å². The van der Waals surface area contributed by atoms with Gasteiger partial charge < -0.3 is 10.4 Å². The molecule has 0 spiro atoms. The van der Waals surface area contributed by atoms with Gasteiger partial charge in [-0.1, -0.05) is 30.3 Å². The molecule has 0 saturated carbocycles. The molecule has 0 aliphatic heterocycles. The minimum Gasteiger partial charge on any atom is -0.505 e. The molecule has 21 heavy (non-hydrogen) atoms. The van der Waals surface area contributed by atoms with E-state index in [0.717, 1.165) is 11.5 Å². The number of aliphatic hydroxyl groups excluding tert-OH is 1. The number of azo groups is 1. The molecule has 108 valence electrons. The van der Waals surface area contributed by atoms with E-state index in [1.54, 1.807) is 31.2 Å². The fraction of sp³-hybridized carbons (Fsp3) is 0.154. The molecule has 1 aromatic heterocycles. The number of carbonyl (C=O) groups is 1. The molecule has 7 nitrogen and oxygen atoms in total. The fourth-order valence-electron chi connectivity index (χ4n) is 1.47. The number of aliphatic hydroxyl groups is 1. The minimum atomic E-state index is -0.540. The molecular weight excluding hydrogens is 290 g/mol. The van der Waals surface area contributed by atoms with E-state index in [1.807, 2.05) is 6.07 Å². The van der Waals surface area contributed by atoms with E-state index in [4.69, 9.17) is 0 Å². The second-order valence-electron chi connectivity index (χ2n) is 3.97. The van der Waals surface area contributed by atoms with E-state index >= 15 is 0 Å². The van der Waals surface area contributed by atoms with Crippen molar-refractivity contribution < 1.29 is 9.90 Å². The molecule has 0 radical (unpaired) electrons. The van der Waals surface area contributed by atoms with E-state index in [2.05, 4.69) is 24.9 Å². The van der Waals surface area contributed by atoms with Gasteiger partial charge in [0.2, 0.25) is 5.13 Å². The van der Waals surface area contributed by atoms with Gasteiger partial charge in [-0.05, 0) is 6.92 Å². The smallest absolute Gasteiger partial charge is 0.275 e. The predicted molar refractivity (Wildman–Crippen MR) is 79.2 cm³/mol. The van der Waals surface area contributed by atoms with Crippen molar-refractivity contribution in [2.24, 2.45) is 10.2 Å². The van der Waals surface area contributed by atoms with Gasteiger partial charge >= 0.3 is 0 Å². The number of aryl methyl sites for hydroxylation is 1. The highest BCUT2D eigenvalue weighted by molar-refractivity contribution is 7.09. The molecule has 2 aromatic rings. The second-order valence-corrected chi connectivity index (χ2v) is 4.70. The summed E-state index contributed by atoms with van der Waals surface area (Å²) in [4.78, 5) is 15.8. The van der Waals surface area contributed by atoms with Crippen molar-refractivity contribution in [2.45, 2.75) is 6.92 Å². The molecular formula is C13H13N5O2S. The normalized spacial score (nSPS) is 12.3. The highest BCUT2D eigenvalue weighted by Crippen LogP contribution is 2.20. The quantitative estimate of drug-likeness (QED) is 0.515. The Hall–Kier alpha value is -2.61. The second kappa shape index (κ2) is 6.71. The molecule has 0 aliphatic rings. The number of amides is 1. The molecule has 0 bridgehead atoms. The van der Waals surface area contributed by atoms with Crippen molar-refractivity contribution in [3.8, 4) is 0 Å². The highest BCUT2D eigenvalue weighted by atomic mass is 32.1. The average Bonchev–Trinajstić information content (AvgIpc) is 2.93. The molecule has 0 saturated heterocycles. The van der Waals surface area contributed by atoms with E-state index in [1.165, 1.54) is 7.05 Å². The van der Waals surface area contributed by atoms with Gasteiger partial charge in [0, 0.05) is 24.1 Å². The van der Waals surface area contributed by atoms with E-state index in [0.29, 0.717) is 16.5 Å². The van der Waals surface area contributed by atoms with Crippen LogP contribution in [0.5, 0.6) is 0 Å². The predicted octanol–water partition coefficient (Wildman–Crippen LogP) is 2.60. The maximum atomic E-state index is 11.8. The topological polar surface area (TPSA) is 99.8 Å². The van der Waals surface area contributed by atoms with Gasteiger partial charge in [-0.25, -0.2) is 4.98 Å². The molecule has 0 aliphatic carbocycles. The number of hydrogen-bond donors (Lipinski definition) is 2. The van der Waals surface area contributed by atoms with Gasteiger partial charge in [0.15, 0.2) is 11.5 Å². The summed E-state index contributed by atoms with van der Waals surface area (Å²) < 4.78 is 3.96. The fourth-order valence-corrected chi connectivity index (χ4v) is 1.98. The summed E-state index contributed by atoms with van der Waals surface area (Å²) in [5.41, 5.74) is 0.292. The number of nitrogens with one attached hydrogen (secondary N) is 1. The van der Waals surface area contributed by atoms with Crippen LogP contribution in [0.4, 0.5) is 5.13 Å². The maximum absolute atomic E-state index is 11.8. The van der Waals surface area contributed by atoms with Crippen LogP contribution in [0.1, 0.15) is 11.4 Å². The van der Waals surface area contributed by atoms with Crippen LogP contribution in [0.15, 0.2) is 46.3 Å². The first-order valence-corrected chi connectivity index (χ1v) is 6.82. The van der Waals surface area contributed by atoms with Crippen LogP contribution in [0.2, 0.25) is 0 Å². The van der Waals surface area contributed by atoms with Crippen molar-refractivity contribution in [1.29, 1.82) is 0 Å². The SMILES string of the molecule is CNC(=O)C(N=Nc1nc(C)ns1)=C(O)c1ccccc1. The Bertz CT molecular complexity index is 694. The van der Waals surface area contributed by atoms with Gasteiger partial charge in [-0.15, -0.1) is 10.2 Å². The van der Waals surface area contributed by atoms with Gasteiger partial charge in [0.05, 0.1) is 0 Å². The Balaban J connectivity index is 2.39. The number of carbonyl (C=O) groups excluding carboxylic acids is 1. The molecule has 1 amide bonds. The Kier molecular flexibility index (Phi) is 4.72. The van der Waals surface area contributed by atoms with Crippen molar-refractivity contribution in [2.75, 3.05) is 7.05 Å². The molecule has 8 heteroatoms. The summed E-state index contributed by atoms with van der Waals surface area (Å²) in [6.07, 6.45) is 0. The standard InChI is InChI=1S/C13H13N5O2S/c1-8-15-13(21-18-8)17-16-10(12(20)14-2)11(19)9-6-4-3-5-7-9/h3-7,19H,1-2H3,(H,14,20). The van der Waals surface area contributed by atoms with Crippen LogP contribution in [0, 0.1) is 6.92 Å². The van der Waals surface area contributed by atoms with Crippen molar-refractivity contribution >= 4 is 28.3 Å². The summed E-state index contributed by atoms with van der Waals surface area (Å²) >= 11 is 1.06. The third-order valence-electron chi connectivity index (χ3n) is 2.47. The number of nitrogens with zero attached hydrogens (tertiary/aromatic N) is 4. The lowest BCUT2D eigenvalue weighted by atomic mass is 10.1. The van der Waals surface area contributed by atoms with Crippen LogP contribution in [-0.4, -0.2) is 27.4 Å². The Morgan fingerprint density at radius 1 is 1.33 bits per heavy atom. The zero-order valence-corrected chi connectivity index (χ0v) is 12.3. The van der Waals surface area contributed by atoms with Crippen LogP contribution in [-0.2, 0) is 4.79 Å². The first-order chi connectivity index (χ1) is 10.1. The first-order valence-electron chi connectivity index (χ1n) is 6.04. The lowest BCUT2D eigenvalue weighted by Crippen LogP contribution is -2.20. The largest absolute Gasteiger partial charge is 0.505 e. The molecule has 0 atom stereocenters. The zero-order valence-electron chi connectivity index (χ0n) is 11.4. The molecule has 2 rings (SSSR count). The summed E-state index contributed by atoms with van der Waals surface area (Å²) in [5, 5.41) is 20.6. The van der Waals surface area contributed by atoms with Gasteiger partial charge in [-0.2, -0.15) is 4.37 Å². The van der Waals surface area contributed by atoms with E-state index < -0.39 is 5.91 Å². The number of aromatic nitrogens is 2.